The molecule has 5 heteroatoms. The highest BCUT2D eigenvalue weighted by Gasteiger charge is 2.03. The third-order valence-corrected chi connectivity index (χ3v) is 5.06. The van der Waals surface area contributed by atoms with Gasteiger partial charge < -0.3 is 10.1 Å². The van der Waals surface area contributed by atoms with Gasteiger partial charge in [-0.15, -0.1) is 11.3 Å². The summed E-state index contributed by atoms with van der Waals surface area (Å²) in [4.78, 5) is 8.65. The van der Waals surface area contributed by atoms with Crippen LogP contribution in [0.2, 0.25) is 0 Å². The number of hydrogen-bond acceptors (Lipinski definition) is 5. The van der Waals surface area contributed by atoms with Crippen LogP contribution in [0, 0.1) is 0 Å². The number of pyridine rings is 1. The van der Waals surface area contributed by atoms with E-state index in [1.54, 1.807) is 23.7 Å². The molecule has 1 N–H and O–H groups in total. The van der Waals surface area contributed by atoms with Gasteiger partial charge in [-0.1, -0.05) is 24.3 Å². The van der Waals surface area contributed by atoms with Gasteiger partial charge in [0.25, 0.3) is 0 Å². The van der Waals surface area contributed by atoms with Crippen molar-refractivity contribution >= 4 is 21.6 Å². The summed E-state index contributed by atoms with van der Waals surface area (Å²) in [6, 6.07) is 20.4. The van der Waals surface area contributed by atoms with E-state index in [2.05, 4.69) is 45.6 Å². The Morgan fingerprint density at radius 2 is 1.65 bits per heavy atom. The Morgan fingerprint density at radius 1 is 0.846 bits per heavy atom. The van der Waals surface area contributed by atoms with Gasteiger partial charge in [0.05, 0.1) is 10.2 Å². The Morgan fingerprint density at radius 3 is 2.46 bits per heavy atom. The van der Waals surface area contributed by atoms with Crippen molar-refractivity contribution in [2.24, 2.45) is 0 Å². The fourth-order valence-electron chi connectivity index (χ4n) is 2.66. The number of nitrogens with zero attached hydrogens (tertiary/aromatic N) is 2. The van der Waals surface area contributed by atoms with E-state index in [0.29, 0.717) is 6.61 Å². The Kier molecular flexibility index (Phi) is 5.19. The van der Waals surface area contributed by atoms with Gasteiger partial charge in [-0.2, -0.15) is 0 Å². The standard InChI is InChI=1S/C21H19N3OS/c1-2-4-20-19(3-1)24-21(26-20)14-23-13-16-5-7-18(8-6-16)25-15-17-9-11-22-12-10-17/h1-12,23H,13-15H2. The molecule has 0 bridgehead atoms. The first-order chi connectivity index (χ1) is 12.9. The summed E-state index contributed by atoms with van der Waals surface area (Å²) in [6.07, 6.45) is 3.55. The molecule has 0 unspecified atom stereocenters. The minimum absolute atomic E-state index is 0.553. The minimum Gasteiger partial charge on any atom is -0.489 e. The number of fused-ring (bicyclic) bond motifs is 1. The van der Waals surface area contributed by atoms with Gasteiger partial charge in [-0.25, -0.2) is 4.98 Å². The molecule has 2 heterocycles. The lowest BCUT2D eigenvalue weighted by Gasteiger charge is -2.08. The predicted molar refractivity (Wildman–Crippen MR) is 105 cm³/mol. The van der Waals surface area contributed by atoms with Crippen LogP contribution >= 0.6 is 11.3 Å². The van der Waals surface area contributed by atoms with Gasteiger partial charge in [-0.3, -0.25) is 4.98 Å². The normalized spacial score (nSPS) is 10.9. The topological polar surface area (TPSA) is 47.0 Å². The van der Waals surface area contributed by atoms with Crippen LogP contribution in [0.1, 0.15) is 16.1 Å². The maximum absolute atomic E-state index is 5.80. The van der Waals surface area contributed by atoms with Crippen molar-refractivity contribution in [3.05, 3.63) is 89.2 Å². The molecule has 0 radical (unpaired) electrons. The van der Waals surface area contributed by atoms with Crippen LogP contribution in [-0.4, -0.2) is 9.97 Å². The highest BCUT2D eigenvalue weighted by atomic mass is 32.1. The summed E-state index contributed by atoms with van der Waals surface area (Å²) in [5.74, 6) is 0.872. The molecule has 0 spiro atoms. The highest BCUT2D eigenvalue weighted by molar-refractivity contribution is 7.18. The van der Waals surface area contributed by atoms with E-state index in [1.807, 2.05) is 30.3 Å². The average Bonchev–Trinajstić information content (AvgIpc) is 3.11. The SMILES string of the molecule is c1ccc2sc(CNCc3ccc(OCc4ccncc4)cc3)nc2c1. The molecule has 2 aromatic carbocycles. The number of thiazole rings is 1. The zero-order valence-corrected chi connectivity index (χ0v) is 15.1. The molecule has 0 aliphatic heterocycles. The first-order valence-corrected chi connectivity index (χ1v) is 9.34. The van der Waals surface area contributed by atoms with Crippen molar-refractivity contribution in [3.63, 3.8) is 0 Å². The van der Waals surface area contributed by atoms with E-state index in [4.69, 9.17) is 4.74 Å². The van der Waals surface area contributed by atoms with Crippen molar-refractivity contribution < 1.29 is 4.74 Å². The maximum Gasteiger partial charge on any atom is 0.119 e. The van der Waals surface area contributed by atoms with E-state index in [1.165, 1.54) is 10.3 Å². The lowest BCUT2D eigenvalue weighted by molar-refractivity contribution is 0.306. The second kappa shape index (κ2) is 8.08. The molecule has 4 nitrogen and oxygen atoms in total. The Hall–Kier alpha value is -2.76. The average molecular weight is 361 g/mol. The summed E-state index contributed by atoms with van der Waals surface area (Å²) >= 11 is 1.74. The van der Waals surface area contributed by atoms with Crippen LogP contribution in [0.4, 0.5) is 0 Å². The van der Waals surface area contributed by atoms with Crippen molar-refractivity contribution in [3.8, 4) is 5.75 Å². The molecule has 4 aromatic rings. The Labute approximate surface area is 156 Å². The number of rotatable bonds is 7. The Bertz CT molecular complexity index is 934. The summed E-state index contributed by atoms with van der Waals surface area (Å²) in [5.41, 5.74) is 3.41. The molecule has 0 fully saturated rings. The van der Waals surface area contributed by atoms with E-state index in [0.717, 1.165) is 34.9 Å². The quantitative estimate of drug-likeness (QED) is 0.524. The van der Waals surface area contributed by atoms with Crippen molar-refractivity contribution in [1.29, 1.82) is 0 Å². The van der Waals surface area contributed by atoms with Gasteiger partial charge >= 0.3 is 0 Å². The summed E-state index contributed by atoms with van der Waals surface area (Å²) in [6.45, 7) is 2.14. The lowest BCUT2D eigenvalue weighted by atomic mass is 10.2. The molecule has 2 aromatic heterocycles. The second-order valence-electron chi connectivity index (χ2n) is 5.97. The molecule has 0 aliphatic carbocycles. The number of para-hydroxylation sites is 1. The number of aromatic nitrogens is 2. The van der Waals surface area contributed by atoms with Gasteiger partial charge in [-0.05, 0) is 47.5 Å². The van der Waals surface area contributed by atoms with Gasteiger partial charge in [0.1, 0.15) is 17.4 Å². The molecular formula is C21H19N3OS. The first-order valence-electron chi connectivity index (χ1n) is 8.53. The van der Waals surface area contributed by atoms with Crippen molar-refractivity contribution in [2.45, 2.75) is 19.7 Å². The zero-order valence-electron chi connectivity index (χ0n) is 14.3. The van der Waals surface area contributed by atoms with Gasteiger partial charge in [0, 0.05) is 25.5 Å². The van der Waals surface area contributed by atoms with E-state index in [9.17, 15) is 0 Å². The van der Waals surface area contributed by atoms with Crippen LogP contribution in [0.25, 0.3) is 10.2 Å². The highest BCUT2D eigenvalue weighted by Crippen LogP contribution is 2.21. The summed E-state index contributed by atoms with van der Waals surface area (Å²) in [7, 11) is 0. The van der Waals surface area contributed by atoms with Crippen LogP contribution in [-0.2, 0) is 19.7 Å². The van der Waals surface area contributed by atoms with E-state index >= 15 is 0 Å². The van der Waals surface area contributed by atoms with Gasteiger partial charge in [0.15, 0.2) is 0 Å². The van der Waals surface area contributed by atoms with Crippen LogP contribution in [0.3, 0.4) is 0 Å². The van der Waals surface area contributed by atoms with Crippen LogP contribution in [0.15, 0.2) is 73.1 Å². The zero-order chi connectivity index (χ0) is 17.6. The largest absolute Gasteiger partial charge is 0.489 e. The van der Waals surface area contributed by atoms with E-state index in [-0.39, 0.29) is 0 Å². The number of benzene rings is 2. The monoisotopic (exact) mass is 361 g/mol. The molecule has 0 saturated carbocycles. The molecule has 26 heavy (non-hydrogen) atoms. The summed E-state index contributed by atoms with van der Waals surface area (Å²) in [5, 5.41) is 4.57. The molecule has 130 valence electrons. The molecule has 0 atom stereocenters. The minimum atomic E-state index is 0.553. The van der Waals surface area contributed by atoms with Crippen LogP contribution < -0.4 is 10.1 Å². The fraction of sp³-hybridized carbons (Fsp3) is 0.143. The van der Waals surface area contributed by atoms with Crippen molar-refractivity contribution in [1.82, 2.24) is 15.3 Å². The second-order valence-corrected chi connectivity index (χ2v) is 7.08. The predicted octanol–water partition coefficient (Wildman–Crippen LogP) is 4.56. The molecule has 0 amide bonds. The Balaban J connectivity index is 1.27. The van der Waals surface area contributed by atoms with E-state index < -0.39 is 0 Å². The lowest BCUT2D eigenvalue weighted by Crippen LogP contribution is -2.12. The number of ether oxygens (including phenoxy) is 1. The third-order valence-electron chi connectivity index (χ3n) is 4.02. The van der Waals surface area contributed by atoms with Gasteiger partial charge in [0.2, 0.25) is 0 Å². The third kappa shape index (κ3) is 4.25. The molecule has 4 rings (SSSR count). The molecule has 0 aliphatic rings. The first kappa shape index (κ1) is 16.7. The fourth-order valence-corrected chi connectivity index (χ4v) is 3.60. The summed E-state index contributed by atoms with van der Waals surface area (Å²) < 4.78 is 7.03. The van der Waals surface area contributed by atoms with Crippen LogP contribution in [0.5, 0.6) is 5.75 Å². The molecule has 0 saturated heterocycles. The number of hydrogen-bond donors (Lipinski definition) is 1. The smallest absolute Gasteiger partial charge is 0.119 e. The number of nitrogens with one attached hydrogen (secondary N) is 1. The molecular weight excluding hydrogens is 342 g/mol. The maximum atomic E-state index is 5.80. The van der Waals surface area contributed by atoms with Crippen molar-refractivity contribution in [2.75, 3.05) is 0 Å².